The van der Waals surface area contributed by atoms with Gasteiger partial charge >= 0.3 is 0 Å². The van der Waals surface area contributed by atoms with Gasteiger partial charge in [-0.2, -0.15) is 0 Å². The molecule has 3 rings (SSSR count). The van der Waals surface area contributed by atoms with Crippen LogP contribution in [0.4, 0.5) is 0 Å². The van der Waals surface area contributed by atoms with Crippen molar-refractivity contribution in [1.29, 1.82) is 0 Å². The Morgan fingerprint density at radius 2 is 2.04 bits per heavy atom. The minimum Gasteiger partial charge on any atom is -0.378 e. The van der Waals surface area contributed by atoms with Gasteiger partial charge in [0.15, 0.2) is 0 Å². The molecule has 0 radical (unpaired) electrons. The van der Waals surface area contributed by atoms with Crippen LogP contribution in [0, 0.1) is 12.8 Å². The number of H-pyrrole nitrogens is 1. The molecule has 24 heavy (non-hydrogen) atoms. The third-order valence-electron chi connectivity index (χ3n) is 5.14. The van der Waals surface area contributed by atoms with Gasteiger partial charge < -0.3 is 15.0 Å². The van der Waals surface area contributed by atoms with E-state index in [-0.39, 0.29) is 34.6 Å². The molecule has 2 fully saturated rings. The zero-order valence-electron chi connectivity index (χ0n) is 14.9. The van der Waals surface area contributed by atoms with Crippen LogP contribution in [0.15, 0.2) is 4.79 Å². The molecule has 1 aromatic heterocycles. The highest BCUT2D eigenvalue weighted by molar-refractivity contribution is 5.95. The second kappa shape index (κ2) is 6.31. The highest BCUT2D eigenvalue weighted by Crippen LogP contribution is 2.34. The largest absolute Gasteiger partial charge is 0.378 e. The van der Waals surface area contributed by atoms with Crippen LogP contribution < -0.4 is 10.9 Å². The molecule has 1 saturated carbocycles. The SMILES string of the molecule is Cc1nc(C(C)(C)C)[nH]c(=O)c1C(=O)N[C@@H]1CCC[C@H]2OCC[C@H]12. The number of aromatic amines is 1. The lowest BCUT2D eigenvalue weighted by Crippen LogP contribution is -2.47. The molecule has 1 aromatic rings. The van der Waals surface area contributed by atoms with E-state index in [2.05, 4.69) is 15.3 Å². The number of hydrogen-bond acceptors (Lipinski definition) is 4. The third kappa shape index (κ3) is 3.24. The van der Waals surface area contributed by atoms with Crippen molar-refractivity contribution in [3.05, 3.63) is 27.4 Å². The van der Waals surface area contributed by atoms with Gasteiger partial charge in [-0.15, -0.1) is 0 Å². The summed E-state index contributed by atoms with van der Waals surface area (Å²) in [6.07, 6.45) is 4.29. The van der Waals surface area contributed by atoms with E-state index >= 15 is 0 Å². The monoisotopic (exact) mass is 333 g/mol. The summed E-state index contributed by atoms with van der Waals surface area (Å²) in [5, 5.41) is 3.07. The van der Waals surface area contributed by atoms with Crippen LogP contribution in [0.25, 0.3) is 0 Å². The van der Waals surface area contributed by atoms with Gasteiger partial charge in [-0.25, -0.2) is 4.98 Å². The highest BCUT2D eigenvalue weighted by Gasteiger charge is 2.38. The fraction of sp³-hybridized carbons (Fsp3) is 0.722. The Morgan fingerprint density at radius 3 is 2.71 bits per heavy atom. The Bertz CT molecular complexity index is 690. The van der Waals surface area contributed by atoms with Crippen LogP contribution in [0.1, 0.15) is 68.3 Å². The van der Waals surface area contributed by atoms with Gasteiger partial charge in [-0.05, 0) is 32.6 Å². The molecule has 1 aliphatic carbocycles. The van der Waals surface area contributed by atoms with Gasteiger partial charge in [0.1, 0.15) is 11.4 Å². The summed E-state index contributed by atoms with van der Waals surface area (Å²) >= 11 is 0. The van der Waals surface area contributed by atoms with Gasteiger partial charge in [0.2, 0.25) is 0 Å². The normalized spacial score (nSPS) is 26.9. The molecule has 6 nitrogen and oxygen atoms in total. The first-order valence-corrected chi connectivity index (χ1v) is 8.81. The van der Waals surface area contributed by atoms with Crippen LogP contribution in [-0.2, 0) is 10.2 Å². The average molecular weight is 333 g/mol. The molecular formula is C18H27N3O3. The number of aromatic nitrogens is 2. The van der Waals surface area contributed by atoms with E-state index < -0.39 is 0 Å². The Balaban J connectivity index is 1.81. The van der Waals surface area contributed by atoms with E-state index in [9.17, 15) is 9.59 Å². The molecule has 1 aliphatic heterocycles. The van der Waals surface area contributed by atoms with Crippen molar-refractivity contribution in [2.45, 2.75) is 70.9 Å². The zero-order chi connectivity index (χ0) is 17.5. The second-order valence-corrected chi connectivity index (χ2v) is 8.00. The summed E-state index contributed by atoms with van der Waals surface area (Å²) in [6.45, 7) is 8.43. The van der Waals surface area contributed by atoms with E-state index in [1.807, 2.05) is 20.8 Å². The summed E-state index contributed by atoms with van der Waals surface area (Å²) in [6, 6.07) is 0.0832. The zero-order valence-corrected chi connectivity index (χ0v) is 14.9. The number of ether oxygens (including phenoxy) is 1. The fourth-order valence-corrected chi connectivity index (χ4v) is 3.80. The molecule has 3 atom stereocenters. The van der Waals surface area contributed by atoms with Crippen LogP contribution >= 0.6 is 0 Å². The number of carbonyl (C=O) groups excluding carboxylic acids is 1. The Hall–Kier alpha value is -1.69. The van der Waals surface area contributed by atoms with Crippen LogP contribution in [0.3, 0.4) is 0 Å². The lowest BCUT2D eigenvalue weighted by atomic mass is 9.81. The van der Waals surface area contributed by atoms with E-state index in [0.29, 0.717) is 17.4 Å². The first kappa shape index (κ1) is 17.1. The first-order valence-electron chi connectivity index (χ1n) is 8.81. The quantitative estimate of drug-likeness (QED) is 0.868. The molecule has 0 bridgehead atoms. The Morgan fingerprint density at radius 1 is 1.29 bits per heavy atom. The minimum atomic E-state index is -0.361. The molecule has 0 spiro atoms. The smallest absolute Gasteiger partial charge is 0.264 e. The van der Waals surface area contributed by atoms with E-state index in [1.165, 1.54) is 0 Å². The highest BCUT2D eigenvalue weighted by atomic mass is 16.5. The summed E-state index contributed by atoms with van der Waals surface area (Å²) in [5.74, 6) is 0.645. The Labute approximate surface area is 142 Å². The van der Waals surface area contributed by atoms with Crippen molar-refractivity contribution in [3.8, 4) is 0 Å². The van der Waals surface area contributed by atoms with Crippen molar-refractivity contribution < 1.29 is 9.53 Å². The minimum absolute atomic E-state index is 0.0832. The topological polar surface area (TPSA) is 84.1 Å². The Kier molecular flexibility index (Phi) is 4.51. The number of aryl methyl sites for hydroxylation is 1. The predicted molar refractivity (Wildman–Crippen MR) is 91.2 cm³/mol. The van der Waals surface area contributed by atoms with Crippen molar-refractivity contribution in [2.24, 2.45) is 5.92 Å². The van der Waals surface area contributed by atoms with Crippen LogP contribution in [0.2, 0.25) is 0 Å². The lowest BCUT2D eigenvalue weighted by Gasteiger charge is -2.33. The van der Waals surface area contributed by atoms with Gasteiger partial charge in [-0.1, -0.05) is 20.8 Å². The average Bonchev–Trinajstić information content (AvgIpc) is 2.95. The molecule has 132 valence electrons. The molecular weight excluding hydrogens is 306 g/mol. The maximum Gasteiger partial charge on any atom is 0.264 e. The third-order valence-corrected chi connectivity index (χ3v) is 5.14. The molecule has 0 unspecified atom stereocenters. The maximum atomic E-state index is 12.7. The van der Waals surface area contributed by atoms with E-state index in [1.54, 1.807) is 6.92 Å². The second-order valence-electron chi connectivity index (χ2n) is 8.00. The number of hydrogen-bond donors (Lipinski definition) is 2. The summed E-state index contributed by atoms with van der Waals surface area (Å²) in [5.41, 5.74) is -0.0170. The number of rotatable bonds is 2. The summed E-state index contributed by atoms with van der Waals surface area (Å²) < 4.78 is 5.74. The lowest BCUT2D eigenvalue weighted by molar-refractivity contribution is 0.0510. The fourth-order valence-electron chi connectivity index (χ4n) is 3.80. The standard InChI is InChI=1S/C18H27N3O3/c1-10-14(16(23)21-17(19-10)18(2,3)4)15(22)20-12-6-5-7-13-11(12)8-9-24-13/h11-13H,5-9H2,1-4H3,(H,20,22)(H,19,21,23)/t11-,12-,13-/m1/s1. The van der Waals surface area contributed by atoms with Gasteiger partial charge in [0.05, 0.1) is 11.8 Å². The number of carbonyl (C=O) groups is 1. The van der Waals surface area contributed by atoms with E-state index in [4.69, 9.17) is 4.74 Å². The van der Waals surface area contributed by atoms with Crippen molar-refractivity contribution in [1.82, 2.24) is 15.3 Å². The van der Waals surface area contributed by atoms with Crippen molar-refractivity contribution >= 4 is 5.91 Å². The molecule has 2 aliphatic rings. The summed E-state index contributed by atoms with van der Waals surface area (Å²) in [4.78, 5) is 32.3. The van der Waals surface area contributed by atoms with Crippen molar-refractivity contribution in [2.75, 3.05) is 6.61 Å². The predicted octanol–water partition coefficient (Wildman–Crippen LogP) is 2.06. The van der Waals surface area contributed by atoms with E-state index in [0.717, 1.165) is 32.3 Å². The van der Waals surface area contributed by atoms with Gasteiger partial charge in [0.25, 0.3) is 11.5 Å². The molecule has 2 heterocycles. The number of nitrogens with one attached hydrogen (secondary N) is 2. The number of amides is 1. The molecule has 2 N–H and O–H groups in total. The number of fused-ring (bicyclic) bond motifs is 1. The van der Waals surface area contributed by atoms with Crippen LogP contribution in [-0.4, -0.2) is 34.6 Å². The van der Waals surface area contributed by atoms with Gasteiger partial charge in [0, 0.05) is 24.0 Å². The molecule has 1 amide bonds. The van der Waals surface area contributed by atoms with Crippen molar-refractivity contribution in [3.63, 3.8) is 0 Å². The molecule has 6 heteroatoms. The van der Waals surface area contributed by atoms with Crippen LogP contribution in [0.5, 0.6) is 0 Å². The first-order chi connectivity index (χ1) is 11.3. The van der Waals surface area contributed by atoms with Gasteiger partial charge in [-0.3, -0.25) is 9.59 Å². The molecule has 1 saturated heterocycles. The maximum absolute atomic E-state index is 12.7. The summed E-state index contributed by atoms with van der Waals surface area (Å²) in [7, 11) is 0. The number of nitrogens with zero attached hydrogens (tertiary/aromatic N) is 1. The molecule has 0 aromatic carbocycles.